The largest absolute Gasteiger partial charge is 0.478 e. The van der Waals surface area contributed by atoms with Gasteiger partial charge in [0.1, 0.15) is 5.60 Å². The summed E-state index contributed by atoms with van der Waals surface area (Å²) in [5, 5.41) is 19.7. The highest BCUT2D eigenvalue weighted by Crippen LogP contribution is 2.47. The zero-order valence-electron chi connectivity index (χ0n) is 10.1. The van der Waals surface area contributed by atoms with Crippen molar-refractivity contribution in [3.8, 4) is 11.1 Å². The first-order chi connectivity index (χ1) is 9.13. The average Bonchev–Trinajstić information content (AvgIpc) is 2.69. The smallest absolute Gasteiger partial charge is 0.328 e. The topological polar surface area (TPSA) is 57.5 Å². The lowest BCUT2D eigenvalue weighted by atomic mass is 9.91. The van der Waals surface area contributed by atoms with Crippen molar-refractivity contribution in [3.63, 3.8) is 0 Å². The maximum atomic E-state index is 10.9. The average molecular weight is 252 g/mol. The molecule has 0 aromatic heterocycles. The van der Waals surface area contributed by atoms with E-state index >= 15 is 0 Å². The SMILES string of the molecule is O=C(O)C=CC1(O)c2ccccc2-c2ccccc21. The van der Waals surface area contributed by atoms with Gasteiger partial charge in [0, 0.05) is 6.08 Å². The maximum absolute atomic E-state index is 10.9. The molecule has 1 aliphatic rings. The molecular weight excluding hydrogens is 240 g/mol. The van der Waals surface area contributed by atoms with Crippen LogP contribution in [0.25, 0.3) is 11.1 Å². The van der Waals surface area contributed by atoms with Gasteiger partial charge >= 0.3 is 5.97 Å². The fourth-order valence-corrected chi connectivity index (χ4v) is 2.62. The monoisotopic (exact) mass is 252 g/mol. The third-order valence-electron chi connectivity index (χ3n) is 3.43. The first-order valence-corrected chi connectivity index (χ1v) is 5.97. The minimum absolute atomic E-state index is 0.716. The van der Waals surface area contributed by atoms with E-state index in [1.165, 1.54) is 6.08 Å². The Balaban J connectivity index is 2.28. The van der Waals surface area contributed by atoms with Gasteiger partial charge in [0.05, 0.1) is 0 Å². The minimum atomic E-state index is -1.37. The van der Waals surface area contributed by atoms with Gasteiger partial charge < -0.3 is 10.2 Å². The number of aliphatic hydroxyl groups is 1. The zero-order chi connectivity index (χ0) is 13.5. The third kappa shape index (κ3) is 1.67. The first-order valence-electron chi connectivity index (χ1n) is 5.97. The molecule has 3 nitrogen and oxygen atoms in total. The quantitative estimate of drug-likeness (QED) is 0.807. The van der Waals surface area contributed by atoms with Gasteiger partial charge in [-0.3, -0.25) is 0 Å². The van der Waals surface area contributed by atoms with Crippen molar-refractivity contribution >= 4 is 5.97 Å². The van der Waals surface area contributed by atoms with Crippen LogP contribution in [0.15, 0.2) is 60.7 Å². The zero-order valence-corrected chi connectivity index (χ0v) is 10.1. The number of carboxylic acids is 1. The number of hydrogen-bond donors (Lipinski definition) is 2. The molecule has 0 heterocycles. The molecule has 2 N–H and O–H groups in total. The van der Waals surface area contributed by atoms with Crippen LogP contribution >= 0.6 is 0 Å². The predicted molar refractivity (Wildman–Crippen MR) is 71.7 cm³/mol. The second kappa shape index (κ2) is 4.07. The molecular formula is C16H12O3. The van der Waals surface area contributed by atoms with E-state index in [1.54, 1.807) is 0 Å². The lowest BCUT2D eigenvalue weighted by Crippen LogP contribution is -2.21. The summed E-state index contributed by atoms with van der Waals surface area (Å²) < 4.78 is 0. The molecule has 0 aliphatic heterocycles. The van der Waals surface area contributed by atoms with Crippen molar-refractivity contribution < 1.29 is 15.0 Å². The summed E-state index contributed by atoms with van der Waals surface area (Å²) in [6, 6.07) is 15.0. The van der Waals surface area contributed by atoms with E-state index in [0.717, 1.165) is 17.2 Å². The molecule has 0 unspecified atom stereocenters. The molecule has 1 aliphatic carbocycles. The normalized spacial score (nSPS) is 15.2. The maximum Gasteiger partial charge on any atom is 0.328 e. The van der Waals surface area contributed by atoms with Crippen LogP contribution in [0.3, 0.4) is 0 Å². The molecule has 3 rings (SSSR count). The Morgan fingerprint density at radius 3 is 1.89 bits per heavy atom. The Morgan fingerprint density at radius 2 is 1.42 bits per heavy atom. The molecule has 19 heavy (non-hydrogen) atoms. The standard InChI is InChI=1S/C16H12O3/c17-15(18)9-10-16(19)13-7-3-1-5-11(13)12-6-2-4-8-14(12)16/h1-10,19H,(H,17,18). The summed E-state index contributed by atoms with van der Waals surface area (Å²) in [6.45, 7) is 0. The van der Waals surface area contributed by atoms with Crippen molar-refractivity contribution in [2.75, 3.05) is 0 Å². The number of aliphatic carboxylic acids is 1. The van der Waals surface area contributed by atoms with Crippen LogP contribution in [0.4, 0.5) is 0 Å². The summed E-state index contributed by atoms with van der Waals surface area (Å²) in [5.41, 5.74) is 1.94. The second-order valence-corrected chi connectivity index (χ2v) is 4.53. The molecule has 0 radical (unpaired) electrons. The highest BCUT2D eigenvalue weighted by molar-refractivity contribution is 5.84. The molecule has 0 bridgehead atoms. The number of benzene rings is 2. The Labute approximate surface area is 110 Å². The summed E-state index contributed by atoms with van der Waals surface area (Å²) in [5.74, 6) is -1.07. The van der Waals surface area contributed by atoms with E-state index in [1.807, 2.05) is 48.5 Å². The van der Waals surface area contributed by atoms with Gasteiger partial charge in [-0.25, -0.2) is 4.79 Å². The van der Waals surface area contributed by atoms with Gasteiger partial charge in [-0.1, -0.05) is 48.5 Å². The minimum Gasteiger partial charge on any atom is -0.478 e. The molecule has 94 valence electrons. The van der Waals surface area contributed by atoms with Gasteiger partial charge in [-0.05, 0) is 28.3 Å². The van der Waals surface area contributed by atoms with Gasteiger partial charge in [-0.2, -0.15) is 0 Å². The van der Waals surface area contributed by atoms with E-state index in [4.69, 9.17) is 5.11 Å². The molecule has 0 atom stereocenters. The summed E-state index contributed by atoms with van der Waals surface area (Å²) in [7, 11) is 0. The highest BCUT2D eigenvalue weighted by atomic mass is 16.4. The van der Waals surface area contributed by atoms with E-state index in [9.17, 15) is 9.90 Å². The molecule has 0 spiro atoms. The van der Waals surface area contributed by atoms with E-state index in [0.29, 0.717) is 11.1 Å². The third-order valence-corrected chi connectivity index (χ3v) is 3.43. The fraction of sp³-hybridized carbons (Fsp3) is 0.0625. The summed E-state index contributed by atoms with van der Waals surface area (Å²) in [4.78, 5) is 10.7. The predicted octanol–water partition coefficient (Wildman–Crippen LogP) is 2.54. The van der Waals surface area contributed by atoms with Crippen LogP contribution in [0.2, 0.25) is 0 Å². The molecule has 2 aromatic rings. The molecule has 0 amide bonds. The van der Waals surface area contributed by atoms with Crippen LogP contribution in [0.5, 0.6) is 0 Å². The summed E-state index contributed by atoms with van der Waals surface area (Å²) in [6.07, 6.45) is 2.32. The van der Waals surface area contributed by atoms with E-state index < -0.39 is 11.6 Å². The van der Waals surface area contributed by atoms with Crippen LogP contribution in [0, 0.1) is 0 Å². The van der Waals surface area contributed by atoms with Crippen molar-refractivity contribution in [1.29, 1.82) is 0 Å². The number of carboxylic acid groups (broad SMARTS) is 1. The van der Waals surface area contributed by atoms with Crippen LogP contribution in [0.1, 0.15) is 11.1 Å². The van der Waals surface area contributed by atoms with Crippen molar-refractivity contribution in [3.05, 3.63) is 71.8 Å². The first kappa shape index (κ1) is 11.7. The lowest BCUT2D eigenvalue weighted by Gasteiger charge is -2.21. The Morgan fingerprint density at radius 1 is 0.947 bits per heavy atom. The van der Waals surface area contributed by atoms with Gasteiger partial charge in [0.15, 0.2) is 0 Å². The van der Waals surface area contributed by atoms with E-state index in [-0.39, 0.29) is 0 Å². The van der Waals surface area contributed by atoms with Crippen LogP contribution < -0.4 is 0 Å². The Hall–Kier alpha value is -2.39. The molecule has 0 fully saturated rings. The highest BCUT2D eigenvalue weighted by Gasteiger charge is 2.39. The number of hydrogen-bond acceptors (Lipinski definition) is 2. The molecule has 0 saturated carbocycles. The fourth-order valence-electron chi connectivity index (χ4n) is 2.62. The Kier molecular flexibility index (Phi) is 2.50. The number of rotatable bonds is 2. The lowest BCUT2D eigenvalue weighted by molar-refractivity contribution is -0.131. The van der Waals surface area contributed by atoms with Gasteiger partial charge in [0.2, 0.25) is 0 Å². The summed E-state index contributed by atoms with van der Waals surface area (Å²) >= 11 is 0. The van der Waals surface area contributed by atoms with E-state index in [2.05, 4.69) is 0 Å². The van der Waals surface area contributed by atoms with Crippen LogP contribution in [-0.2, 0) is 10.4 Å². The van der Waals surface area contributed by atoms with Gasteiger partial charge in [-0.15, -0.1) is 0 Å². The van der Waals surface area contributed by atoms with Crippen LogP contribution in [-0.4, -0.2) is 16.2 Å². The molecule has 0 saturated heterocycles. The molecule has 2 aromatic carbocycles. The molecule has 3 heteroatoms. The number of fused-ring (bicyclic) bond motifs is 3. The second-order valence-electron chi connectivity index (χ2n) is 4.53. The Bertz CT molecular complexity index is 640. The van der Waals surface area contributed by atoms with Gasteiger partial charge in [0.25, 0.3) is 0 Å². The van der Waals surface area contributed by atoms with Crippen molar-refractivity contribution in [2.45, 2.75) is 5.60 Å². The van der Waals surface area contributed by atoms with Crippen molar-refractivity contribution in [2.24, 2.45) is 0 Å². The van der Waals surface area contributed by atoms with Crippen molar-refractivity contribution in [1.82, 2.24) is 0 Å². The number of carbonyl (C=O) groups is 1.